The lowest BCUT2D eigenvalue weighted by Gasteiger charge is -2.30. The summed E-state index contributed by atoms with van der Waals surface area (Å²) in [6.45, 7) is 0.218. The van der Waals surface area contributed by atoms with E-state index < -0.39 is 0 Å². The Labute approximate surface area is 109 Å². The molecule has 0 aromatic heterocycles. The zero-order valence-corrected chi connectivity index (χ0v) is 10.9. The van der Waals surface area contributed by atoms with Crippen molar-refractivity contribution in [2.75, 3.05) is 6.61 Å². The molecule has 102 valence electrons. The predicted octanol–water partition coefficient (Wildman–Crippen LogP) is 1.64. The van der Waals surface area contributed by atoms with Crippen molar-refractivity contribution >= 4 is 6.03 Å². The molecule has 0 aliphatic heterocycles. The second kappa shape index (κ2) is 5.08. The van der Waals surface area contributed by atoms with Gasteiger partial charge in [-0.1, -0.05) is 12.8 Å². The van der Waals surface area contributed by atoms with Gasteiger partial charge in [0.05, 0.1) is 0 Å². The largest absolute Gasteiger partial charge is 0.396 e. The van der Waals surface area contributed by atoms with Gasteiger partial charge in [-0.2, -0.15) is 0 Å². The Kier molecular flexibility index (Phi) is 3.46. The monoisotopic (exact) mass is 252 g/mol. The Bertz CT molecular complexity index is 315. The van der Waals surface area contributed by atoms with Gasteiger partial charge in [-0.15, -0.1) is 0 Å². The average molecular weight is 252 g/mol. The van der Waals surface area contributed by atoms with Crippen molar-refractivity contribution in [1.29, 1.82) is 0 Å². The summed E-state index contributed by atoms with van der Waals surface area (Å²) in [5, 5.41) is 15.7. The highest BCUT2D eigenvalue weighted by Crippen LogP contribution is 2.48. The second-order valence-electron chi connectivity index (χ2n) is 6.30. The van der Waals surface area contributed by atoms with Gasteiger partial charge < -0.3 is 15.7 Å². The van der Waals surface area contributed by atoms with Crippen molar-refractivity contribution in [3.05, 3.63) is 0 Å². The maximum Gasteiger partial charge on any atom is 0.315 e. The first kappa shape index (κ1) is 12.3. The van der Waals surface area contributed by atoms with Crippen LogP contribution in [0.1, 0.15) is 44.9 Å². The van der Waals surface area contributed by atoms with E-state index in [0.29, 0.717) is 17.9 Å². The molecule has 3 N–H and O–H groups in total. The summed E-state index contributed by atoms with van der Waals surface area (Å²) in [6, 6.07) is 0.559. The van der Waals surface area contributed by atoms with E-state index in [1.165, 1.54) is 32.1 Å². The molecule has 3 rings (SSSR count). The fraction of sp³-hybridized carbons (Fsp3) is 0.929. The highest BCUT2D eigenvalue weighted by Gasteiger charge is 2.47. The number of hydrogen-bond acceptors (Lipinski definition) is 2. The quantitative estimate of drug-likeness (QED) is 0.715. The minimum Gasteiger partial charge on any atom is -0.396 e. The lowest BCUT2D eigenvalue weighted by molar-refractivity contribution is 0.144. The van der Waals surface area contributed by atoms with Gasteiger partial charge in [0, 0.05) is 24.6 Å². The maximum absolute atomic E-state index is 12.0. The summed E-state index contributed by atoms with van der Waals surface area (Å²) in [4.78, 5) is 12.0. The number of aliphatic hydroxyl groups excluding tert-OH is 1. The van der Waals surface area contributed by atoms with E-state index in [1.807, 2.05) is 0 Å². The maximum atomic E-state index is 12.0. The number of rotatable bonds is 3. The number of hydrogen-bond donors (Lipinski definition) is 3. The van der Waals surface area contributed by atoms with Crippen LogP contribution in [0.4, 0.5) is 4.79 Å². The molecule has 0 spiro atoms. The van der Waals surface area contributed by atoms with E-state index in [9.17, 15) is 9.90 Å². The van der Waals surface area contributed by atoms with E-state index in [-0.39, 0.29) is 24.6 Å². The summed E-state index contributed by atoms with van der Waals surface area (Å²) in [5.74, 6) is 1.52. The number of nitrogens with one attached hydrogen (secondary N) is 2. The Hall–Kier alpha value is -0.770. The molecule has 0 radical (unpaired) electrons. The van der Waals surface area contributed by atoms with Gasteiger partial charge in [-0.25, -0.2) is 4.79 Å². The minimum atomic E-state index is -0.0158. The van der Waals surface area contributed by atoms with Gasteiger partial charge in [-0.05, 0) is 43.9 Å². The van der Waals surface area contributed by atoms with Crippen LogP contribution in [-0.2, 0) is 0 Å². The van der Waals surface area contributed by atoms with Crippen LogP contribution in [-0.4, -0.2) is 29.8 Å². The van der Waals surface area contributed by atoms with Crippen molar-refractivity contribution in [3.63, 3.8) is 0 Å². The fourth-order valence-electron chi connectivity index (χ4n) is 4.35. The molecule has 4 unspecified atom stereocenters. The van der Waals surface area contributed by atoms with Gasteiger partial charge in [0.15, 0.2) is 0 Å². The van der Waals surface area contributed by atoms with Crippen molar-refractivity contribution < 1.29 is 9.90 Å². The van der Waals surface area contributed by atoms with E-state index in [4.69, 9.17) is 0 Å². The number of fused-ring (bicyclic) bond motifs is 2. The third-order valence-electron chi connectivity index (χ3n) is 5.29. The summed E-state index contributed by atoms with van der Waals surface area (Å²) in [6.07, 6.45) is 8.35. The molecule has 4 nitrogen and oxygen atoms in total. The molecule has 3 aliphatic carbocycles. The van der Waals surface area contributed by atoms with E-state index in [1.54, 1.807) is 0 Å². The molecule has 3 fully saturated rings. The van der Waals surface area contributed by atoms with Crippen molar-refractivity contribution in [1.82, 2.24) is 10.6 Å². The first-order chi connectivity index (χ1) is 8.78. The van der Waals surface area contributed by atoms with Crippen molar-refractivity contribution in [2.45, 2.75) is 57.0 Å². The van der Waals surface area contributed by atoms with Crippen LogP contribution in [0.5, 0.6) is 0 Å². The molecule has 4 heteroatoms. The van der Waals surface area contributed by atoms with Gasteiger partial charge in [-0.3, -0.25) is 0 Å². The van der Waals surface area contributed by atoms with Crippen LogP contribution in [0.2, 0.25) is 0 Å². The van der Waals surface area contributed by atoms with Gasteiger partial charge in [0.2, 0.25) is 0 Å². The van der Waals surface area contributed by atoms with Crippen LogP contribution in [0.3, 0.4) is 0 Å². The second-order valence-corrected chi connectivity index (χ2v) is 6.30. The fourth-order valence-corrected chi connectivity index (χ4v) is 4.35. The van der Waals surface area contributed by atoms with Crippen molar-refractivity contribution in [3.8, 4) is 0 Å². The molecule has 18 heavy (non-hydrogen) atoms. The molecule has 3 saturated carbocycles. The van der Waals surface area contributed by atoms with E-state index in [2.05, 4.69) is 10.6 Å². The number of aliphatic hydroxyl groups is 1. The molecular weight excluding hydrogens is 228 g/mol. The van der Waals surface area contributed by atoms with Crippen LogP contribution in [0.25, 0.3) is 0 Å². The number of carbonyl (C=O) groups is 1. The molecule has 0 aromatic carbocycles. The molecule has 0 aromatic rings. The third kappa shape index (κ3) is 2.22. The molecule has 4 atom stereocenters. The van der Waals surface area contributed by atoms with Crippen LogP contribution < -0.4 is 10.6 Å². The predicted molar refractivity (Wildman–Crippen MR) is 69.1 cm³/mol. The summed E-state index contributed by atoms with van der Waals surface area (Å²) < 4.78 is 0. The van der Waals surface area contributed by atoms with Gasteiger partial charge in [0.25, 0.3) is 0 Å². The number of amides is 2. The molecular formula is C14H24N2O2. The Morgan fingerprint density at radius 3 is 2.50 bits per heavy atom. The van der Waals surface area contributed by atoms with Gasteiger partial charge in [0.1, 0.15) is 0 Å². The molecule has 2 bridgehead atoms. The first-order valence-corrected chi connectivity index (χ1v) is 7.46. The lowest BCUT2D eigenvalue weighted by Crippen LogP contribution is -2.50. The first-order valence-electron chi connectivity index (χ1n) is 7.46. The third-order valence-corrected chi connectivity index (χ3v) is 5.29. The Morgan fingerprint density at radius 1 is 1.06 bits per heavy atom. The summed E-state index contributed by atoms with van der Waals surface area (Å²) in [7, 11) is 0. The van der Waals surface area contributed by atoms with Crippen LogP contribution in [0, 0.1) is 17.8 Å². The highest BCUT2D eigenvalue weighted by atomic mass is 16.3. The SMILES string of the molecule is O=C(NC1CCCC1)NC1C2CCC(C2)C1CO. The number of urea groups is 1. The Morgan fingerprint density at radius 2 is 1.78 bits per heavy atom. The highest BCUT2D eigenvalue weighted by molar-refractivity contribution is 5.74. The van der Waals surface area contributed by atoms with E-state index >= 15 is 0 Å². The molecule has 0 saturated heterocycles. The van der Waals surface area contributed by atoms with Crippen LogP contribution >= 0.6 is 0 Å². The standard InChI is InChI=1S/C14H24N2O2/c17-8-12-9-5-6-10(7-9)13(12)16-14(18)15-11-3-1-2-4-11/h9-13,17H,1-8H2,(H2,15,16,18). The minimum absolute atomic E-state index is 0.0158. The molecule has 0 heterocycles. The van der Waals surface area contributed by atoms with Crippen molar-refractivity contribution in [2.24, 2.45) is 17.8 Å². The zero-order valence-electron chi connectivity index (χ0n) is 10.9. The van der Waals surface area contributed by atoms with E-state index in [0.717, 1.165) is 12.8 Å². The zero-order chi connectivity index (χ0) is 12.5. The van der Waals surface area contributed by atoms with Gasteiger partial charge >= 0.3 is 6.03 Å². The Balaban J connectivity index is 1.53. The number of carbonyl (C=O) groups excluding carboxylic acids is 1. The smallest absolute Gasteiger partial charge is 0.315 e. The van der Waals surface area contributed by atoms with Crippen LogP contribution in [0.15, 0.2) is 0 Å². The normalized spacial score (nSPS) is 39.2. The molecule has 3 aliphatic rings. The molecule has 2 amide bonds. The average Bonchev–Trinajstić information content (AvgIpc) is 3.04. The summed E-state index contributed by atoms with van der Waals surface area (Å²) >= 11 is 0. The topological polar surface area (TPSA) is 61.4 Å². The lowest BCUT2D eigenvalue weighted by atomic mass is 9.85. The summed E-state index contributed by atoms with van der Waals surface area (Å²) in [5.41, 5.74) is 0.